The van der Waals surface area contributed by atoms with E-state index in [4.69, 9.17) is 16.1 Å². The fourth-order valence-corrected chi connectivity index (χ4v) is 3.31. The zero-order valence-corrected chi connectivity index (χ0v) is 17.9. The van der Waals surface area contributed by atoms with Crippen LogP contribution in [0.1, 0.15) is 21.7 Å². The SMILES string of the molecule is O=C(Cn1c(=O)c(C(=O)NCc2ccc(Cl)cc2)cc2cccnc21)NCc1cc(=O)[nH]o1. The highest BCUT2D eigenvalue weighted by Gasteiger charge is 2.18. The van der Waals surface area contributed by atoms with Crippen molar-refractivity contribution in [3.63, 3.8) is 0 Å². The first-order chi connectivity index (χ1) is 15.9. The lowest BCUT2D eigenvalue weighted by atomic mass is 10.1. The molecule has 1 aromatic carbocycles. The maximum absolute atomic E-state index is 13.1. The van der Waals surface area contributed by atoms with E-state index in [-0.39, 0.29) is 36.6 Å². The minimum Gasteiger partial charge on any atom is -0.382 e. The molecule has 3 aromatic heterocycles. The Morgan fingerprint density at radius 2 is 1.85 bits per heavy atom. The molecular formula is C22H18ClN5O5. The van der Waals surface area contributed by atoms with Crippen molar-refractivity contribution >= 4 is 34.4 Å². The molecule has 0 aliphatic heterocycles. The Morgan fingerprint density at radius 1 is 1.06 bits per heavy atom. The van der Waals surface area contributed by atoms with Gasteiger partial charge in [-0.2, -0.15) is 5.16 Å². The Bertz CT molecular complexity index is 1440. The lowest BCUT2D eigenvalue weighted by Gasteiger charge is -2.12. The van der Waals surface area contributed by atoms with Crippen LogP contribution in [0.3, 0.4) is 0 Å². The summed E-state index contributed by atoms with van der Waals surface area (Å²) in [4.78, 5) is 53.7. The number of hydrogen-bond acceptors (Lipinski definition) is 6. The third-order valence-corrected chi connectivity index (χ3v) is 5.05. The summed E-state index contributed by atoms with van der Waals surface area (Å²) in [6, 6.07) is 13.0. The van der Waals surface area contributed by atoms with E-state index in [1.165, 1.54) is 18.3 Å². The van der Waals surface area contributed by atoms with Crippen LogP contribution < -0.4 is 21.8 Å². The number of aromatic nitrogens is 3. The molecule has 4 aromatic rings. The second-order valence-electron chi connectivity index (χ2n) is 7.13. The van der Waals surface area contributed by atoms with Crippen LogP contribution in [-0.2, 0) is 24.4 Å². The zero-order chi connectivity index (χ0) is 23.4. The van der Waals surface area contributed by atoms with Crippen molar-refractivity contribution in [3.8, 4) is 0 Å². The van der Waals surface area contributed by atoms with Gasteiger partial charge in [0.15, 0.2) is 5.76 Å². The zero-order valence-electron chi connectivity index (χ0n) is 17.1. The van der Waals surface area contributed by atoms with Gasteiger partial charge in [0.05, 0.1) is 6.54 Å². The number of rotatable bonds is 7. The maximum atomic E-state index is 13.1. The number of carbonyl (C=O) groups is 2. The fourth-order valence-electron chi connectivity index (χ4n) is 3.19. The van der Waals surface area contributed by atoms with E-state index in [0.29, 0.717) is 10.4 Å². The van der Waals surface area contributed by atoms with Gasteiger partial charge in [-0.15, -0.1) is 0 Å². The molecule has 0 spiro atoms. The van der Waals surface area contributed by atoms with Crippen LogP contribution >= 0.6 is 11.6 Å². The van der Waals surface area contributed by atoms with Crippen molar-refractivity contribution < 1.29 is 14.1 Å². The molecule has 11 heteroatoms. The Balaban J connectivity index is 1.56. The molecule has 0 saturated carbocycles. The van der Waals surface area contributed by atoms with Gasteiger partial charge >= 0.3 is 0 Å². The van der Waals surface area contributed by atoms with Crippen molar-refractivity contribution in [2.75, 3.05) is 0 Å². The molecule has 4 rings (SSSR count). The highest BCUT2D eigenvalue weighted by Crippen LogP contribution is 2.12. The molecule has 10 nitrogen and oxygen atoms in total. The van der Waals surface area contributed by atoms with E-state index in [1.54, 1.807) is 36.4 Å². The maximum Gasteiger partial charge on any atom is 0.280 e. The van der Waals surface area contributed by atoms with Gasteiger partial charge in [-0.25, -0.2) is 4.98 Å². The average molecular weight is 468 g/mol. The second kappa shape index (κ2) is 9.53. The van der Waals surface area contributed by atoms with Crippen LogP contribution in [0.4, 0.5) is 0 Å². The number of nitrogens with zero attached hydrogens (tertiary/aromatic N) is 2. The number of amides is 2. The van der Waals surface area contributed by atoms with E-state index >= 15 is 0 Å². The van der Waals surface area contributed by atoms with Crippen LogP contribution in [0.15, 0.2) is 68.8 Å². The number of pyridine rings is 2. The predicted molar refractivity (Wildman–Crippen MR) is 120 cm³/mol. The van der Waals surface area contributed by atoms with Crippen molar-refractivity contribution in [1.82, 2.24) is 25.3 Å². The van der Waals surface area contributed by atoms with Crippen molar-refractivity contribution in [3.05, 3.63) is 97.3 Å². The van der Waals surface area contributed by atoms with Crippen LogP contribution in [-0.4, -0.2) is 26.5 Å². The van der Waals surface area contributed by atoms with Crippen LogP contribution in [0.2, 0.25) is 5.02 Å². The molecule has 0 aliphatic rings. The van der Waals surface area contributed by atoms with E-state index in [2.05, 4.69) is 20.8 Å². The number of benzene rings is 1. The number of halogens is 1. The number of nitrogens with one attached hydrogen (secondary N) is 3. The van der Waals surface area contributed by atoms with Crippen molar-refractivity contribution in [2.45, 2.75) is 19.6 Å². The fraction of sp³-hybridized carbons (Fsp3) is 0.136. The Hall–Kier alpha value is -4.18. The van der Waals surface area contributed by atoms with Crippen molar-refractivity contribution in [1.29, 1.82) is 0 Å². The van der Waals surface area contributed by atoms with Crippen molar-refractivity contribution in [2.24, 2.45) is 0 Å². The minimum absolute atomic E-state index is 0.0427. The standard InChI is InChI=1S/C22H18ClN5O5/c23-15-5-3-13(4-6-15)10-26-21(31)17-8-14-2-1-7-24-20(14)28(22(17)32)12-19(30)25-11-16-9-18(29)27-33-16/h1-9H,10-12H2,(H,25,30)(H,26,31)(H,27,29). The van der Waals surface area contributed by atoms with Crippen LogP contribution in [0.5, 0.6) is 0 Å². The van der Waals surface area contributed by atoms with E-state index in [9.17, 15) is 19.2 Å². The number of hydrogen-bond donors (Lipinski definition) is 3. The highest BCUT2D eigenvalue weighted by atomic mass is 35.5. The number of carbonyl (C=O) groups excluding carboxylic acids is 2. The summed E-state index contributed by atoms with van der Waals surface area (Å²) in [5.41, 5.74) is -0.124. The summed E-state index contributed by atoms with van der Waals surface area (Å²) in [6.45, 7) is -0.221. The predicted octanol–water partition coefficient (Wildman–Crippen LogP) is 1.58. The summed E-state index contributed by atoms with van der Waals surface area (Å²) in [7, 11) is 0. The smallest absolute Gasteiger partial charge is 0.280 e. The lowest BCUT2D eigenvalue weighted by molar-refractivity contribution is -0.121. The normalized spacial score (nSPS) is 10.8. The largest absolute Gasteiger partial charge is 0.382 e. The topological polar surface area (TPSA) is 139 Å². The Kier molecular flexibility index (Phi) is 6.36. The van der Waals surface area contributed by atoms with Gasteiger partial charge in [0.25, 0.3) is 17.0 Å². The third-order valence-electron chi connectivity index (χ3n) is 4.80. The highest BCUT2D eigenvalue weighted by molar-refractivity contribution is 6.30. The molecule has 168 valence electrons. The molecule has 0 unspecified atom stereocenters. The quantitative estimate of drug-likeness (QED) is 0.377. The third kappa shape index (κ3) is 5.18. The molecule has 0 bridgehead atoms. The first-order valence-corrected chi connectivity index (χ1v) is 10.2. The molecule has 0 fully saturated rings. The summed E-state index contributed by atoms with van der Waals surface area (Å²) in [6.07, 6.45) is 1.49. The second-order valence-corrected chi connectivity index (χ2v) is 7.57. The van der Waals surface area contributed by atoms with Gasteiger partial charge in [-0.1, -0.05) is 23.7 Å². The first kappa shape index (κ1) is 22.0. The molecule has 3 heterocycles. The van der Waals surface area contributed by atoms with E-state index in [1.807, 2.05) is 0 Å². The monoisotopic (exact) mass is 467 g/mol. The summed E-state index contributed by atoms with van der Waals surface area (Å²) in [5, 5.41) is 8.50. The number of fused-ring (bicyclic) bond motifs is 1. The van der Waals surface area contributed by atoms with Gasteiger partial charge in [0, 0.05) is 29.2 Å². The minimum atomic E-state index is -0.655. The van der Waals surface area contributed by atoms with Gasteiger partial charge in [0.2, 0.25) is 5.91 Å². The summed E-state index contributed by atoms with van der Waals surface area (Å²) in [5.74, 6) is -0.866. The van der Waals surface area contributed by atoms with Crippen LogP contribution in [0.25, 0.3) is 11.0 Å². The van der Waals surface area contributed by atoms with Gasteiger partial charge in [0.1, 0.15) is 17.8 Å². The molecule has 2 amide bonds. The first-order valence-electron chi connectivity index (χ1n) is 9.86. The van der Waals surface area contributed by atoms with Gasteiger partial charge in [-0.3, -0.25) is 23.7 Å². The molecule has 33 heavy (non-hydrogen) atoms. The Labute approximate surface area is 191 Å². The van der Waals surface area contributed by atoms with E-state index < -0.39 is 22.9 Å². The summed E-state index contributed by atoms with van der Waals surface area (Å²) < 4.78 is 6.02. The van der Waals surface area contributed by atoms with Gasteiger partial charge < -0.3 is 15.2 Å². The summed E-state index contributed by atoms with van der Waals surface area (Å²) >= 11 is 5.87. The molecule has 0 aliphatic carbocycles. The average Bonchev–Trinajstić information content (AvgIpc) is 3.24. The van der Waals surface area contributed by atoms with Crippen LogP contribution in [0, 0.1) is 0 Å². The number of aromatic amines is 1. The lowest BCUT2D eigenvalue weighted by Crippen LogP contribution is -2.37. The molecule has 3 N–H and O–H groups in total. The molecule has 0 radical (unpaired) electrons. The molecular weight excluding hydrogens is 450 g/mol. The van der Waals surface area contributed by atoms with Gasteiger partial charge in [-0.05, 0) is 35.9 Å². The molecule has 0 atom stereocenters. The molecule has 0 saturated heterocycles. The van der Waals surface area contributed by atoms with E-state index in [0.717, 1.165) is 10.1 Å². The number of H-pyrrole nitrogens is 1. The Morgan fingerprint density at radius 3 is 2.58 bits per heavy atom.